The van der Waals surface area contributed by atoms with Gasteiger partial charge in [0, 0.05) is 11.8 Å². The zero-order valence-corrected chi connectivity index (χ0v) is 10.6. The van der Waals surface area contributed by atoms with Crippen LogP contribution >= 0.6 is 15.9 Å². The molecule has 3 N–H and O–H groups in total. The standard InChI is InChI=1S/C13H12BrNO2/c14-12-5-4-10(15)7-13(12)17-8-9-2-1-3-11(16)6-9/h1-7,16H,8,15H2. The van der Waals surface area contributed by atoms with Crippen LogP contribution in [0.3, 0.4) is 0 Å². The number of halogens is 1. The summed E-state index contributed by atoms with van der Waals surface area (Å²) in [6.07, 6.45) is 0. The lowest BCUT2D eigenvalue weighted by atomic mass is 10.2. The van der Waals surface area contributed by atoms with Crippen molar-refractivity contribution in [2.45, 2.75) is 6.61 Å². The van der Waals surface area contributed by atoms with Crippen molar-refractivity contribution in [1.29, 1.82) is 0 Å². The Hall–Kier alpha value is -1.68. The average molecular weight is 294 g/mol. The molecule has 4 heteroatoms. The fraction of sp³-hybridized carbons (Fsp3) is 0.0769. The average Bonchev–Trinajstić information content (AvgIpc) is 2.30. The van der Waals surface area contributed by atoms with Crippen LogP contribution in [0.25, 0.3) is 0 Å². The van der Waals surface area contributed by atoms with Crippen LogP contribution in [-0.2, 0) is 6.61 Å². The third kappa shape index (κ3) is 3.14. The number of rotatable bonds is 3. The quantitative estimate of drug-likeness (QED) is 0.854. The monoisotopic (exact) mass is 293 g/mol. The van der Waals surface area contributed by atoms with Gasteiger partial charge >= 0.3 is 0 Å². The maximum Gasteiger partial charge on any atom is 0.136 e. The van der Waals surface area contributed by atoms with Gasteiger partial charge in [0.2, 0.25) is 0 Å². The number of ether oxygens (including phenoxy) is 1. The molecular formula is C13H12BrNO2. The van der Waals surface area contributed by atoms with Crippen molar-refractivity contribution in [3.8, 4) is 11.5 Å². The number of phenols is 1. The molecule has 0 aliphatic rings. The van der Waals surface area contributed by atoms with Crippen molar-refractivity contribution in [3.05, 3.63) is 52.5 Å². The van der Waals surface area contributed by atoms with Crippen LogP contribution in [-0.4, -0.2) is 5.11 Å². The highest BCUT2D eigenvalue weighted by Crippen LogP contribution is 2.28. The summed E-state index contributed by atoms with van der Waals surface area (Å²) < 4.78 is 6.47. The molecule has 17 heavy (non-hydrogen) atoms. The summed E-state index contributed by atoms with van der Waals surface area (Å²) in [6.45, 7) is 0.385. The van der Waals surface area contributed by atoms with Gasteiger partial charge in [0.1, 0.15) is 18.1 Å². The smallest absolute Gasteiger partial charge is 0.136 e. The number of nitrogens with two attached hydrogens (primary N) is 1. The van der Waals surface area contributed by atoms with Crippen LogP contribution in [0, 0.1) is 0 Å². The molecule has 0 aliphatic carbocycles. The largest absolute Gasteiger partial charge is 0.508 e. The molecule has 0 amide bonds. The van der Waals surface area contributed by atoms with E-state index >= 15 is 0 Å². The second kappa shape index (κ2) is 5.10. The van der Waals surface area contributed by atoms with Gasteiger partial charge in [-0.05, 0) is 45.8 Å². The summed E-state index contributed by atoms with van der Waals surface area (Å²) in [5, 5.41) is 9.32. The number of hydrogen-bond acceptors (Lipinski definition) is 3. The third-order valence-corrected chi connectivity index (χ3v) is 2.92. The van der Waals surface area contributed by atoms with E-state index in [-0.39, 0.29) is 5.75 Å². The van der Waals surface area contributed by atoms with Gasteiger partial charge in [-0.25, -0.2) is 0 Å². The first kappa shape index (κ1) is 11.8. The van der Waals surface area contributed by atoms with Gasteiger partial charge in [0.15, 0.2) is 0 Å². The predicted octanol–water partition coefficient (Wildman–Crippen LogP) is 3.32. The molecule has 0 saturated heterocycles. The minimum absolute atomic E-state index is 0.234. The fourth-order valence-corrected chi connectivity index (χ4v) is 1.80. The van der Waals surface area contributed by atoms with Crippen molar-refractivity contribution < 1.29 is 9.84 Å². The highest BCUT2D eigenvalue weighted by molar-refractivity contribution is 9.10. The van der Waals surface area contributed by atoms with E-state index in [0.717, 1.165) is 10.0 Å². The molecule has 2 aromatic carbocycles. The van der Waals surface area contributed by atoms with Gasteiger partial charge in [-0.3, -0.25) is 0 Å². The number of anilines is 1. The molecule has 0 aliphatic heterocycles. The number of hydrogen-bond donors (Lipinski definition) is 2. The molecule has 0 unspecified atom stereocenters. The molecule has 2 aromatic rings. The van der Waals surface area contributed by atoms with E-state index in [1.807, 2.05) is 12.1 Å². The van der Waals surface area contributed by atoms with Crippen LogP contribution in [0.5, 0.6) is 11.5 Å². The minimum Gasteiger partial charge on any atom is -0.508 e. The Labute approximate surface area is 108 Å². The minimum atomic E-state index is 0.234. The second-order valence-electron chi connectivity index (χ2n) is 3.65. The maximum atomic E-state index is 9.32. The van der Waals surface area contributed by atoms with E-state index in [1.165, 1.54) is 0 Å². The van der Waals surface area contributed by atoms with Crippen LogP contribution in [0.4, 0.5) is 5.69 Å². The van der Waals surface area contributed by atoms with E-state index in [9.17, 15) is 5.11 Å². The van der Waals surface area contributed by atoms with Gasteiger partial charge in [0.05, 0.1) is 4.47 Å². The van der Waals surface area contributed by atoms with Crippen LogP contribution < -0.4 is 10.5 Å². The van der Waals surface area contributed by atoms with Crippen molar-refractivity contribution in [2.24, 2.45) is 0 Å². The lowest BCUT2D eigenvalue weighted by molar-refractivity contribution is 0.303. The van der Waals surface area contributed by atoms with E-state index in [1.54, 1.807) is 30.3 Å². The molecule has 0 bridgehead atoms. The molecule has 0 heterocycles. The summed E-state index contributed by atoms with van der Waals surface area (Å²) in [5.41, 5.74) is 7.23. The molecule has 3 nitrogen and oxygen atoms in total. The van der Waals surface area contributed by atoms with Crippen molar-refractivity contribution in [3.63, 3.8) is 0 Å². The molecule has 0 atom stereocenters. The lowest BCUT2D eigenvalue weighted by Gasteiger charge is -2.09. The third-order valence-electron chi connectivity index (χ3n) is 2.26. The van der Waals surface area contributed by atoms with Gasteiger partial charge in [-0.2, -0.15) is 0 Å². The number of aromatic hydroxyl groups is 1. The Balaban J connectivity index is 2.09. The summed E-state index contributed by atoms with van der Waals surface area (Å²) in [4.78, 5) is 0. The zero-order valence-electron chi connectivity index (χ0n) is 9.06. The Morgan fingerprint density at radius 2 is 2.00 bits per heavy atom. The van der Waals surface area contributed by atoms with Gasteiger partial charge in [-0.15, -0.1) is 0 Å². The van der Waals surface area contributed by atoms with Crippen LogP contribution in [0.2, 0.25) is 0 Å². The highest BCUT2D eigenvalue weighted by atomic mass is 79.9. The molecule has 88 valence electrons. The number of benzene rings is 2. The maximum absolute atomic E-state index is 9.32. The number of nitrogen functional groups attached to an aromatic ring is 1. The number of phenolic OH excluding ortho intramolecular Hbond substituents is 1. The Bertz CT molecular complexity index is 529. The molecule has 2 rings (SSSR count). The molecule has 0 spiro atoms. The van der Waals surface area contributed by atoms with E-state index in [2.05, 4.69) is 15.9 Å². The Morgan fingerprint density at radius 3 is 2.76 bits per heavy atom. The summed E-state index contributed by atoms with van der Waals surface area (Å²) in [5.74, 6) is 0.922. The molecular weight excluding hydrogens is 282 g/mol. The lowest BCUT2D eigenvalue weighted by Crippen LogP contribution is -1.96. The Morgan fingerprint density at radius 1 is 1.18 bits per heavy atom. The molecule has 0 aromatic heterocycles. The van der Waals surface area contributed by atoms with Gasteiger partial charge in [0.25, 0.3) is 0 Å². The van der Waals surface area contributed by atoms with Crippen molar-refractivity contribution in [1.82, 2.24) is 0 Å². The highest BCUT2D eigenvalue weighted by Gasteiger charge is 2.02. The van der Waals surface area contributed by atoms with Crippen LogP contribution in [0.15, 0.2) is 46.9 Å². The van der Waals surface area contributed by atoms with Crippen molar-refractivity contribution >= 4 is 21.6 Å². The first-order chi connectivity index (χ1) is 8.15. The summed E-state index contributed by atoms with van der Waals surface area (Å²) in [6, 6.07) is 12.4. The summed E-state index contributed by atoms with van der Waals surface area (Å²) in [7, 11) is 0. The predicted molar refractivity (Wildman–Crippen MR) is 71.0 cm³/mol. The van der Waals surface area contributed by atoms with E-state index in [0.29, 0.717) is 18.0 Å². The van der Waals surface area contributed by atoms with Crippen LogP contribution in [0.1, 0.15) is 5.56 Å². The van der Waals surface area contributed by atoms with E-state index < -0.39 is 0 Å². The molecule has 0 radical (unpaired) electrons. The Kier molecular flexibility index (Phi) is 3.54. The SMILES string of the molecule is Nc1ccc(Br)c(OCc2cccc(O)c2)c1. The second-order valence-corrected chi connectivity index (χ2v) is 4.50. The van der Waals surface area contributed by atoms with Gasteiger partial charge < -0.3 is 15.6 Å². The zero-order chi connectivity index (χ0) is 12.3. The first-order valence-corrected chi connectivity index (χ1v) is 5.90. The molecule has 0 saturated carbocycles. The van der Waals surface area contributed by atoms with Gasteiger partial charge in [-0.1, -0.05) is 12.1 Å². The van der Waals surface area contributed by atoms with Crippen molar-refractivity contribution in [2.75, 3.05) is 5.73 Å². The molecule has 0 fully saturated rings. The normalized spacial score (nSPS) is 10.2. The topological polar surface area (TPSA) is 55.5 Å². The summed E-state index contributed by atoms with van der Waals surface area (Å²) >= 11 is 3.39. The fourth-order valence-electron chi connectivity index (χ4n) is 1.44. The van der Waals surface area contributed by atoms with E-state index in [4.69, 9.17) is 10.5 Å². The first-order valence-electron chi connectivity index (χ1n) is 5.11.